The molecule has 1 aromatic heterocycles. The number of rotatable bonds is 6. The summed E-state index contributed by atoms with van der Waals surface area (Å²) in [4.78, 5) is 29.7. The van der Waals surface area contributed by atoms with Crippen LogP contribution in [0.25, 0.3) is 0 Å². The van der Waals surface area contributed by atoms with Crippen LogP contribution in [0.3, 0.4) is 0 Å². The number of nitrogens with one attached hydrogen (secondary N) is 1. The number of carbonyl (C=O) groups excluding carboxylic acids is 1. The van der Waals surface area contributed by atoms with Gasteiger partial charge in [-0.15, -0.1) is 0 Å². The number of carbonyl (C=O) groups is 1. The maximum absolute atomic E-state index is 12.8. The molecule has 0 saturated carbocycles. The lowest BCUT2D eigenvalue weighted by Gasteiger charge is -2.24. The van der Waals surface area contributed by atoms with Crippen LogP contribution in [0.2, 0.25) is 0 Å². The van der Waals surface area contributed by atoms with Gasteiger partial charge in [-0.1, -0.05) is 17.8 Å². The number of aromatic nitrogens is 2. The summed E-state index contributed by atoms with van der Waals surface area (Å²) in [5.74, 6) is 0.154. The van der Waals surface area contributed by atoms with Crippen LogP contribution in [0.15, 0.2) is 28.0 Å². The SMILES string of the molecule is Cc1cc(C)cc(NC(=O)CSc2nc(=O)n(CC3CCCO3)c3c2CCCC3)c1. The van der Waals surface area contributed by atoms with Gasteiger partial charge in [0.2, 0.25) is 5.91 Å². The van der Waals surface area contributed by atoms with Crippen LogP contribution in [0.1, 0.15) is 48.1 Å². The van der Waals surface area contributed by atoms with Crippen molar-refractivity contribution in [3.8, 4) is 0 Å². The maximum Gasteiger partial charge on any atom is 0.348 e. The average Bonchev–Trinajstić information content (AvgIpc) is 3.21. The lowest BCUT2D eigenvalue weighted by molar-refractivity contribution is -0.113. The molecule has 1 aliphatic heterocycles. The maximum atomic E-state index is 12.8. The Morgan fingerprint density at radius 3 is 2.70 bits per heavy atom. The van der Waals surface area contributed by atoms with Gasteiger partial charge in [0.15, 0.2) is 0 Å². The number of hydrogen-bond acceptors (Lipinski definition) is 5. The van der Waals surface area contributed by atoms with Crippen molar-refractivity contribution in [3.05, 3.63) is 51.1 Å². The molecule has 0 bridgehead atoms. The van der Waals surface area contributed by atoms with E-state index in [0.29, 0.717) is 11.6 Å². The van der Waals surface area contributed by atoms with E-state index in [1.165, 1.54) is 11.8 Å². The topological polar surface area (TPSA) is 73.2 Å². The number of fused-ring (bicyclic) bond motifs is 1. The third kappa shape index (κ3) is 4.95. The fourth-order valence-corrected chi connectivity index (χ4v) is 5.30. The molecule has 1 fully saturated rings. The molecule has 1 unspecified atom stereocenters. The molecule has 30 heavy (non-hydrogen) atoms. The lowest BCUT2D eigenvalue weighted by atomic mass is 9.97. The van der Waals surface area contributed by atoms with Crippen LogP contribution in [-0.2, 0) is 28.9 Å². The molecule has 2 aliphatic rings. The summed E-state index contributed by atoms with van der Waals surface area (Å²) in [5.41, 5.74) is 5.05. The summed E-state index contributed by atoms with van der Waals surface area (Å²) >= 11 is 1.37. The first-order chi connectivity index (χ1) is 14.5. The van der Waals surface area contributed by atoms with Crippen molar-refractivity contribution < 1.29 is 9.53 Å². The number of aryl methyl sites for hydroxylation is 2. The van der Waals surface area contributed by atoms with E-state index >= 15 is 0 Å². The Bertz CT molecular complexity index is 976. The lowest BCUT2D eigenvalue weighted by Crippen LogP contribution is -2.34. The number of hydrogen-bond donors (Lipinski definition) is 1. The Balaban J connectivity index is 1.49. The van der Waals surface area contributed by atoms with Gasteiger partial charge < -0.3 is 10.1 Å². The zero-order valence-electron chi connectivity index (χ0n) is 17.7. The second-order valence-corrected chi connectivity index (χ2v) is 9.25. The van der Waals surface area contributed by atoms with E-state index < -0.39 is 0 Å². The van der Waals surface area contributed by atoms with Crippen molar-refractivity contribution in [2.24, 2.45) is 0 Å². The van der Waals surface area contributed by atoms with E-state index in [9.17, 15) is 9.59 Å². The smallest absolute Gasteiger partial charge is 0.348 e. The largest absolute Gasteiger partial charge is 0.376 e. The number of anilines is 1. The zero-order valence-corrected chi connectivity index (χ0v) is 18.5. The predicted molar refractivity (Wildman–Crippen MR) is 119 cm³/mol. The number of benzene rings is 1. The highest BCUT2D eigenvalue weighted by atomic mass is 32.2. The number of ether oxygens (including phenoxy) is 1. The molecular weight excluding hydrogens is 398 g/mol. The number of amides is 1. The Hall–Kier alpha value is -2.12. The molecule has 1 N–H and O–H groups in total. The second kappa shape index (κ2) is 9.35. The molecule has 6 nitrogen and oxygen atoms in total. The molecule has 1 amide bonds. The number of thioether (sulfide) groups is 1. The fourth-order valence-electron chi connectivity index (χ4n) is 4.43. The standard InChI is InChI=1S/C23H29N3O3S/c1-15-10-16(2)12-17(11-15)24-21(27)14-30-22-19-7-3-4-8-20(19)26(23(28)25-22)13-18-6-5-9-29-18/h10-12,18H,3-9,13-14H2,1-2H3,(H,24,27). The van der Waals surface area contributed by atoms with Crippen molar-refractivity contribution in [1.29, 1.82) is 0 Å². The second-order valence-electron chi connectivity index (χ2n) is 8.29. The average molecular weight is 428 g/mol. The molecule has 1 saturated heterocycles. The molecule has 1 aliphatic carbocycles. The fraction of sp³-hybridized carbons (Fsp3) is 0.522. The molecule has 1 aromatic carbocycles. The Morgan fingerprint density at radius 2 is 1.97 bits per heavy atom. The first-order valence-corrected chi connectivity index (χ1v) is 11.7. The molecule has 2 aromatic rings. The highest BCUT2D eigenvalue weighted by molar-refractivity contribution is 8.00. The van der Waals surface area contributed by atoms with Crippen LogP contribution >= 0.6 is 11.8 Å². The van der Waals surface area contributed by atoms with Crippen LogP contribution in [-0.4, -0.2) is 33.9 Å². The van der Waals surface area contributed by atoms with E-state index in [0.717, 1.165) is 73.2 Å². The van der Waals surface area contributed by atoms with Gasteiger partial charge in [-0.25, -0.2) is 4.79 Å². The molecule has 1 atom stereocenters. The van der Waals surface area contributed by atoms with E-state index in [1.807, 2.05) is 30.5 Å². The van der Waals surface area contributed by atoms with Gasteiger partial charge in [0, 0.05) is 23.6 Å². The zero-order chi connectivity index (χ0) is 21.1. The first-order valence-electron chi connectivity index (χ1n) is 10.7. The van der Waals surface area contributed by atoms with Gasteiger partial charge in [0.1, 0.15) is 5.03 Å². The molecule has 2 heterocycles. The summed E-state index contributed by atoms with van der Waals surface area (Å²) in [6.45, 7) is 5.39. The summed E-state index contributed by atoms with van der Waals surface area (Å²) in [5, 5.41) is 3.68. The third-order valence-electron chi connectivity index (χ3n) is 5.71. The van der Waals surface area contributed by atoms with Crippen molar-refractivity contribution >= 4 is 23.4 Å². The van der Waals surface area contributed by atoms with E-state index in [2.05, 4.69) is 16.4 Å². The number of nitrogens with zero attached hydrogens (tertiary/aromatic N) is 2. The Kier molecular flexibility index (Phi) is 6.58. The summed E-state index contributed by atoms with van der Waals surface area (Å²) < 4.78 is 7.56. The van der Waals surface area contributed by atoms with Crippen molar-refractivity contribution in [3.63, 3.8) is 0 Å². The van der Waals surface area contributed by atoms with Crippen LogP contribution in [0.4, 0.5) is 5.69 Å². The van der Waals surface area contributed by atoms with Crippen LogP contribution < -0.4 is 11.0 Å². The molecule has 0 spiro atoms. The van der Waals surface area contributed by atoms with Crippen molar-refractivity contribution in [2.45, 2.75) is 70.0 Å². The summed E-state index contributed by atoms with van der Waals surface area (Å²) in [7, 11) is 0. The van der Waals surface area contributed by atoms with Gasteiger partial charge in [-0.05, 0) is 75.6 Å². The Morgan fingerprint density at radius 1 is 1.20 bits per heavy atom. The minimum absolute atomic E-state index is 0.0834. The molecule has 0 radical (unpaired) electrons. The third-order valence-corrected chi connectivity index (χ3v) is 6.72. The highest BCUT2D eigenvalue weighted by Crippen LogP contribution is 2.29. The van der Waals surface area contributed by atoms with Gasteiger partial charge >= 0.3 is 5.69 Å². The minimum Gasteiger partial charge on any atom is -0.376 e. The quantitative estimate of drug-likeness (QED) is 0.563. The molecule has 160 valence electrons. The van der Waals surface area contributed by atoms with Crippen molar-refractivity contribution in [2.75, 3.05) is 17.7 Å². The van der Waals surface area contributed by atoms with Gasteiger partial charge in [-0.2, -0.15) is 4.98 Å². The normalized spacial score (nSPS) is 18.3. The predicted octanol–water partition coefficient (Wildman–Crippen LogP) is 3.65. The molecule has 7 heteroatoms. The Labute approximate surface area is 181 Å². The minimum atomic E-state index is -0.219. The van der Waals surface area contributed by atoms with E-state index in [-0.39, 0.29) is 23.5 Å². The van der Waals surface area contributed by atoms with E-state index in [4.69, 9.17) is 4.74 Å². The van der Waals surface area contributed by atoms with Crippen LogP contribution in [0.5, 0.6) is 0 Å². The van der Waals surface area contributed by atoms with Gasteiger partial charge in [0.25, 0.3) is 0 Å². The van der Waals surface area contributed by atoms with Gasteiger partial charge in [-0.3, -0.25) is 9.36 Å². The molecular formula is C23H29N3O3S. The van der Waals surface area contributed by atoms with Crippen LogP contribution in [0, 0.1) is 13.8 Å². The summed E-state index contributed by atoms with van der Waals surface area (Å²) in [6.07, 6.45) is 6.14. The van der Waals surface area contributed by atoms with Crippen molar-refractivity contribution in [1.82, 2.24) is 9.55 Å². The summed E-state index contributed by atoms with van der Waals surface area (Å²) in [6, 6.07) is 6.00. The van der Waals surface area contributed by atoms with E-state index in [1.54, 1.807) is 0 Å². The monoisotopic (exact) mass is 427 g/mol. The molecule has 4 rings (SSSR count). The van der Waals surface area contributed by atoms with Gasteiger partial charge in [0.05, 0.1) is 18.4 Å². The first kappa shape index (κ1) is 21.1. The highest BCUT2D eigenvalue weighted by Gasteiger charge is 2.24.